The summed E-state index contributed by atoms with van der Waals surface area (Å²) in [5, 5.41) is 21.7. The fourth-order valence-electron chi connectivity index (χ4n) is 1.44. The number of carbonyl (C=O) groups is 3. The molecular formula is C12H12ClFN2O5. The number of urea groups is 1. The lowest BCUT2D eigenvalue weighted by atomic mass is 10.1. The van der Waals surface area contributed by atoms with Crippen LogP contribution in [0.3, 0.4) is 0 Å². The van der Waals surface area contributed by atoms with E-state index in [9.17, 15) is 18.8 Å². The van der Waals surface area contributed by atoms with Crippen LogP contribution >= 0.6 is 11.6 Å². The van der Waals surface area contributed by atoms with Gasteiger partial charge in [0.1, 0.15) is 11.9 Å². The van der Waals surface area contributed by atoms with E-state index in [1.165, 1.54) is 6.07 Å². The smallest absolute Gasteiger partial charge is 0.326 e. The summed E-state index contributed by atoms with van der Waals surface area (Å²) < 4.78 is 13.4. The maximum Gasteiger partial charge on any atom is 0.326 e. The van der Waals surface area contributed by atoms with Gasteiger partial charge in [-0.25, -0.2) is 14.0 Å². The first-order valence-corrected chi connectivity index (χ1v) is 6.14. The number of carboxylic acid groups (broad SMARTS) is 2. The molecule has 7 nitrogen and oxygen atoms in total. The number of amides is 2. The largest absolute Gasteiger partial charge is 0.481 e. The molecule has 0 bridgehead atoms. The van der Waals surface area contributed by atoms with E-state index in [4.69, 9.17) is 21.8 Å². The molecule has 0 aliphatic rings. The van der Waals surface area contributed by atoms with Crippen LogP contribution in [0.25, 0.3) is 0 Å². The Balaban J connectivity index is 2.67. The molecule has 0 heterocycles. The van der Waals surface area contributed by atoms with E-state index < -0.39 is 36.2 Å². The molecule has 1 atom stereocenters. The third-order valence-electron chi connectivity index (χ3n) is 2.43. The molecule has 1 aromatic carbocycles. The zero-order chi connectivity index (χ0) is 16.0. The molecule has 0 aliphatic carbocycles. The number of halogens is 2. The molecule has 0 aromatic heterocycles. The summed E-state index contributed by atoms with van der Waals surface area (Å²) in [7, 11) is 0. The minimum Gasteiger partial charge on any atom is -0.481 e. The maximum atomic E-state index is 13.4. The highest BCUT2D eigenvalue weighted by Crippen LogP contribution is 2.19. The Bertz CT molecular complexity index is 567. The van der Waals surface area contributed by atoms with Crippen LogP contribution in [0, 0.1) is 5.82 Å². The molecule has 0 saturated carbocycles. The molecule has 0 fully saturated rings. The fraction of sp³-hybridized carbons (Fsp3) is 0.250. The van der Waals surface area contributed by atoms with Crippen LogP contribution in [0.2, 0.25) is 5.02 Å². The number of carboxylic acids is 2. The van der Waals surface area contributed by atoms with Crippen LogP contribution in [0.15, 0.2) is 18.2 Å². The number of aliphatic carboxylic acids is 2. The van der Waals surface area contributed by atoms with Gasteiger partial charge in [-0.1, -0.05) is 11.6 Å². The van der Waals surface area contributed by atoms with Crippen molar-refractivity contribution in [2.24, 2.45) is 0 Å². The first-order chi connectivity index (χ1) is 9.79. The lowest BCUT2D eigenvalue weighted by Gasteiger charge is -2.14. The van der Waals surface area contributed by atoms with Crippen LogP contribution < -0.4 is 10.6 Å². The molecule has 9 heteroatoms. The highest BCUT2D eigenvalue weighted by atomic mass is 35.5. The summed E-state index contributed by atoms with van der Waals surface area (Å²) in [6.07, 6.45) is -0.723. The molecule has 4 N–H and O–H groups in total. The number of benzene rings is 1. The van der Waals surface area contributed by atoms with Gasteiger partial charge in [0.2, 0.25) is 0 Å². The fourth-order valence-corrected chi connectivity index (χ4v) is 1.61. The molecule has 0 spiro atoms. The van der Waals surface area contributed by atoms with Gasteiger partial charge in [-0.2, -0.15) is 0 Å². The standard InChI is InChI=1S/C12H12ClFN2O5/c13-6-1-2-7(14)9(5-6)16-12(21)15-8(11(19)20)3-4-10(17)18/h1-2,5,8H,3-4H2,(H,17,18)(H,19,20)(H2,15,16,21)/t8-/m0/s1. The molecule has 1 rings (SSSR count). The van der Waals surface area contributed by atoms with Crippen molar-refractivity contribution in [1.82, 2.24) is 5.32 Å². The van der Waals surface area contributed by atoms with Crippen molar-refractivity contribution < 1.29 is 29.0 Å². The van der Waals surface area contributed by atoms with Crippen molar-refractivity contribution in [2.45, 2.75) is 18.9 Å². The number of hydrogen-bond acceptors (Lipinski definition) is 3. The summed E-state index contributed by atoms with van der Waals surface area (Å²) in [6, 6.07) is 1.10. The van der Waals surface area contributed by atoms with E-state index in [-0.39, 0.29) is 17.1 Å². The predicted octanol–water partition coefficient (Wildman–Crippen LogP) is 1.92. The average Bonchev–Trinajstić information content (AvgIpc) is 2.38. The first-order valence-electron chi connectivity index (χ1n) is 5.76. The SMILES string of the molecule is O=C(O)CC[C@H](NC(=O)Nc1cc(Cl)ccc1F)C(=O)O. The number of nitrogens with one attached hydrogen (secondary N) is 2. The van der Waals surface area contributed by atoms with Crippen LogP contribution in [0.4, 0.5) is 14.9 Å². The second-order valence-electron chi connectivity index (χ2n) is 4.05. The summed E-state index contributed by atoms with van der Waals surface area (Å²) in [4.78, 5) is 32.9. The molecule has 0 radical (unpaired) electrons. The molecule has 1 aromatic rings. The van der Waals surface area contributed by atoms with E-state index in [0.29, 0.717) is 0 Å². The van der Waals surface area contributed by atoms with Gasteiger partial charge >= 0.3 is 18.0 Å². The van der Waals surface area contributed by atoms with Crippen molar-refractivity contribution in [2.75, 3.05) is 5.32 Å². The van der Waals surface area contributed by atoms with Gasteiger partial charge in [0, 0.05) is 11.4 Å². The van der Waals surface area contributed by atoms with Crippen LogP contribution in [0.1, 0.15) is 12.8 Å². The van der Waals surface area contributed by atoms with Gasteiger partial charge in [-0.05, 0) is 24.6 Å². The van der Waals surface area contributed by atoms with Crippen molar-refractivity contribution in [3.63, 3.8) is 0 Å². The Morgan fingerprint density at radius 3 is 2.52 bits per heavy atom. The third kappa shape index (κ3) is 5.65. The van der Waals surface area contributed by atoms with Crippen molar-refractivity contribution in [1.29, 1.82) is 0 Å². The topological polar surface area (TPSA) is 116 Å². The molecule has 0 aliphatic heterocycles. The monoisotopic (exact) mass is 318 g/mol. The molecule has 21 heavy (non-hydrogen) atoms. The zero-order valence-corrected chi connectivity index (χ0v) is 11.4. The summed E-state index contributed by atoms with van der Waals surface area (Å²) in [5.41, 5.74) is -0.220. The lowest BCUT2D eigenvalue weighted by Crippen LogP contribution is -2.43. The number of rotatable bonds is 6. The van der Waals surface area contributed by atoms with Gasteiger partial charge in [0.15, 0.2) is 0 Å². The van der Waals surface area contributed by atoms with Crippen LogP contribution in [0.5, 0.6) is 0 Å². The normalized spacial score (nSPS) is 11.5. The van der Waals surface area contributed by atoms with Gasteiger partial charge in [-0.15, -0.1) is 0 Å². The molecule has 0 saturated heterocycles. The number of anilines is 1. The summed E-state index contributed by atoms with van der Waals surface area (Å²) in [5.74, 6) is -3.32. The average molecular weight is 319 g/mol. The Hall–Kier alpha value is -2.35. The van der Waals surface area contributed by atoms with Gasteiger partial charge in [0.25, 0.3) is 0 Å². The number of hydrogen-bond donors (Lipinski definition) is 4. The summed E-state index contributed by atoms with van der Waals surface area (Å²) in [6.45, 7) is 0. The first kappa shape index (κ1) is 16.7. The Kier molecular flexibility index (Phi) is 5.92. The molecule has 0 unspecified atom stereocenters. The second kappa shape index (κ2) is 7.44. The van der Waals surface area contributed by atoms with Gasteiger partial charge in [-0.3, -0.25) is 4.79 Å². The minimum atomic E-state index is -1.40. The molecule has 114 valence electrons. The Morgan fingerprint density at radius 1 is 1.29 bits per heavy atom. The van der Waals surface area contributed by atoms with Crippen LogP contribution in [-0.2, 0) is 9.59 Å². The lowest BCUT2D eigenvalue weighted by molar-refractivity contribution is -0.140. The van der Waals surface area contributed by atoms with Crippen molar-refractivity contribution in [3.05, 3.63) is 29.0 Å². The summed E-state index contributed by atoms with van der Waals surface area (Å²) >= 11 is 5.64. The van der Waals surface area contributed by atoms with E-state index in [1.54, 1.807) is 0 Å². The number of carbonyl (C=O) groups excluding carboxylic acids is 1. The molecule has 2 amide bonds. The quantitative estimate of drug-likeness (QED) is 0.639. The van der Waals surface area contributed by atoms with Crippen LogP contribution in [-0.4, -0.2) is 34.2 Å². The highest BCUT2D eigenvalue weighted by molar-refractivity contribution is 6.30. The molecular weight excluding hydrogens is 307 g/mol. The van der Waals surface area contributed by atoms with E-state index >= 15 is 0 Å². The van der Waals surface area contributed by atoms with E-state index in [2.05, 4.69) is 5.32 Å². The second-order valence-corrected chi connectivity index (χ2v) is 4.48. The minimum absolute atomic E-state index is 0.187. The van der Waals surface area contributed by atoms with E-state index in [1.807, 2.05) is 5.32 Å². The highest BCUT2D eigenvalue weighted by Gasteiger charge is 2.21. The predicted molar refractivity (Wildman–Crippen MR) is 71.9 cm³/mol. The third-order valence-corrected chi connectivity index (χ3v) is 2.66. The van der Waals surface area contributed by atoms with Crippen molar-refractivity contribution >= 4 is 35.3 Å². The van der Waals surface area contributed by atoms with Gasteiger partial charge in [0.05, 0.1) is 5.69 Å². The van der Waals surface area contributed by atoms with Gasteiger partial charge < -0.3 is 20.8 Å². The Labute approximate surface area is 123 Å². The van der Waals surface area contributed by atoms with Crippen molar-refractivity contribution in [3.8, 4) is 0 Å². The zero-order valence-electron chi connectivity index (χ0n) is 10.6. The Morgan fingerprint density at radius 2 is 1.95 bits per heavy atom. The maximum absolute atomic E-state index is 13.4. The van der Waals surface area contributed by atoms with E-state index in [0.717, 1.165) is 12.1 Å².